The summed E-state index contributed by atoms with van der Waals surface area (Å²) in [5.41, 5.74) is 1.44. The second-order valence-electron chi connectivity index (χ2n) is 6.89. The fraction of sp³-hybridized carbons (Fsp3) is 0.300. The van der Waals surface area contributed by atoms with Crippen LogP contribution in [0.5, 0.6) is 0 Å². The Kier molecular flexibility index (Phi) is 4.77. The van der Waals surface area contributed by atoms with E-state index in [0.29, 0.717) is 18.2 Å². The van der Waals surface area contributed by atoms with Crippen LogP contribution in [0.3, 0.4) is 0 Å². The van der Waals surface area contributed by atoms with Gasteiger partial charge < -0.3 is 9.80 Å². The van der Waals surface area contributed by atoms with Crippen LogP contribution in [-0.4, -0.2) is 45.2 Å². The van der Waals surface area contributed by atoms with Gasteiger partial charge in [0.15, 0.2) is 5.82 Å². The van der Waals surface area contributed by atoms with Crippen molar-refractivity contribution in [3.63, 3.8) is 0 Å². The highest BCUT2D eigenvalue weighted by Crippen LogP contribution is 2.24. The highest BCUT2D eigenvalue weighted by atomic mass is 19.1. The van der Waals surface area contributed by atoms with E-state index in [1.165, 1.54) is 22.9 Å². The lowest BCUT2D eigenvalue weighted by Gasteiger charge is -2.41. The van der Waals surface area contributed by atoms with Crippen LogP contribution in [0.25, 0.3) is 11.3 Å². The number of pyridine rings is 2. The Morgan fingerprint density at radius 3 is 2.68 bits per heavy atom. The largest absolute Gasteiger partial charge is 0.366 e. The van der Waals surface area contributed by atoms with Gasteiger partial charge in [0.1, 0.15) is 0 Å². The lowest BCUT2D eigenvalue weighted by molar-refractivity contribution is 0.529. The molecule has 0 spiro atoms. The van der Waals surface area contributed by atoms with Gasteiger partial charge in [0, 0.05) is 56.7 Å². The Hall–Kier alpha value is -3.29. The zero-order chi connectivity index (χ0) is 19.7. The van der Waals surface area contributed by atoms with Crippen molar-refractivity contribution in [3.8, 4) is 11.3 Å². The first kappa shape index (κ1) is 18.1. The van der Waals surface area contributed by atoms with Gasteiger partial charge >= 0.3 is 0 Å². The maximum Gasteiger partial charge on any atom is 0.255 e. The van der Waals surface area contributed by atoms with Crippen molar-refractivity contribution in [3.05, 3.63) is 65.2 Å². The van der Waals surface area contributed by atoms with Gasteiger partial charge in [-0.3, -0.25) is 19.3 Å². The fourth-order valence-corrected chi connectivity index (χ4v) is 3.54. The quantitative estimate of drug-likeness (QED) is 0.693. The highest BCUT2D eigenvalue weighted by molar-refractivity contribution is 5.60. The summed E-state index contributed by atoms with van der Waals surface area (Å²) >= 11 is 0. The average Bonchev–Trinajstić information content (AvgIpc) is 2.71. The van der Waals surface area contributed by atoms with Crippen LogP contribution in [0.2, 0.25) is 0 Å². The Balaban J connectivity index is 1.66. The van der Waals surface area contributed by atoms with Crippen LogP contribution in [0.1, 0.15) is 6.92 Å². The molecule has 0 saturated carbocycles. The van der Waals surface area contributed by atoms with Gasteiger partial charge in [-0.05, 0) is 25.1 Å². The van der Waals surface area contributed by atoms with E-state index in [1.54, 1.807) is 13.2 Å². The molecule has 4 heterocycles. The summed E-state index contributed by atoms with van der Waals surface area (Å²) in [7, 11) is 1.69. The maximum atomic E-state index is 14.2. The van der Waals surface area contributed by atoms with Crippen molar-refractivity contribution in [2.24, 2.45) is 7.05 Å². The molecule has 1 atom stereocenters. The topological polar surface area (TPSA) is 67.2 Å². The molecule has 1 aliphatic rings. The third-order valence-electron chi connectivity index (χ3n) is 5.06. The first-order valence-corrected chi connectivity index (χ1v) is 9.14. The van der Waals surface area contributed by atoms with Gasteiger partial charge in [-0.15, -0.1) is 0 Å². The maximum absolute atomic E-state index is 14.2. The van der Waals surface area contributed by atoms with Crippen LogP contribution in [0, 0.1) is 5.82 Å². The molecule has 4 rings (SSSR count). The monoisotopic (exact) mass is 380 g/mol. The van der Waals surface area contributed by atoms with E-state index in [2.05, 4.69) is 31.7 Å². The Bertz CT molecular complexity index is 1040. The summed E-state index contributed by atoms with van der Waals surface area (Å²) in [6.45, 7) is 4.34. The smallest absolute Gasteiger partial charge is 0.255 e. The molecule has 1 saturated heterocycles. The molecule has 3 aromatic rings. The summed E-state index contributed by atoms with van der Waals surface area (Å²) in [6.07, 6.45) is 6.23. The van der Waals surface area contributed by atoms with Crippen molar-refractivity contribution in [1.82, 2.24) is 19.5 Å². The molecule has 0 bridgehead atoms. The molecule has 0 radical (unpaired) electrons. The zero-order valence-electron chi connectivity index (χ0n) is 15.8. The number of halogens is 1. The minimum absolute atomic E-state index is 0.115. The van der Waals surface area contributed by atoms with E-state index >= 15 is 0 Å². The molecule has 0 unspecified atom stereocenters. The summed E-state index contributed by atoms with van der Waals surface area (Å²) in [6, 6.07) is 6.97. The molecule has 1 fully saturated rings. The Labute approximate surface area is 162 Å². The minimum Gasteiger partial charge on any atom is -0.366 e. The highest BCUT2D eigenvalue weighted by Gasteiger charge is 2.27. The molecule has 0 N–H and O–H groups in total. The average molecular weight is 380 g/mol. The molecule has 1 aliphatic heterocycles. The summed E-state index contributed by atoms with van der Waals surface area (Å²) < 4.78 is 15.7. The predicted molar refractivity (Wildman–Crippen MR) is 106 cm³/mol. The fourth-order valence-electron chi connectivity index (χ4n) is 3.54. The minimum atomic E-state index is -0.497. The van der Waals surface area contributed by atoms with Crippen molar-refractivity contribution in [1.29, 1.82) is 0 Å². The number of piperazine rings is 1. The van der Waals surface area contributed by atoms with Gasteiger partial charge in [0.05, 0.1) is 23.8 Å². The van der Waals surface area contributed by atoms with Crippen molar-refractivity contribution in [2.75, 3.05) is 29.4 Å². The standard InChI is InChI=1S/C20H21FN6O/c1-14-13-26(15-4-3-6-22-11-15)8-9-27(14)20-24-18(10-19(28)25(20)2)16-5-7-23-12-17(16)21/h3-7,10-12,14H,8-9,13H2,1-2H3/t14-/m1/s1. The molecule has 7 nitrogen and oxygen atoms in total. The third-order valence-corrected chi connectivity index (χ3v) is 5.06. The molecule has 28 heavy (non-hydrogen) atoms. The number of rotatable bonds is 3. The summed E-state index contributed by atoms with van der Waals surface area (Å²) in [4.78, 5) is 29.5. The number of hydrogen-bond acceptors (Lipinski definition) is 6. The van der Waals surface area contributed by atoms with E-state index in [0.717, 1.165) is 25.0 Å². The number of aromatic nitrogens is 4. The number of nitrogens with zero attached hydrogens (tertiary/aromatic N) is 6. The summed E-state index contributed by atoms with van der Waals surface area (Å²) in [5, 5.41) is 0. The van der Waals surface area contributed by atoms with Crippen LogP contribution in [0.15, 0.2) is 53.8 Å². The van der Waals surface area contributed by atoms with E-state index in [-0.39, 0.29) is 17.2 Å². The number of anilines is 2. The normalized spacial score (nSPS) is 17.0. The van der Waals surface area contributed by atoms with Crippen molar-refractivity contribution in [2.45, 2.75) is 13.0 Å². The first-order chi connectivity index (χ1) is 13.5. The molecule has 0 aliphatic carbocycles. The second-order valence-corrected chi connectivity index (χ2v) is 6.89. The lowest BCUT2D eigenvalue weighted by Crippen LogP contribution is -2.53. The molecule has 0 aromatic carbocycles. The van der Waals surface area contributed by atoms with Gasteiger partial charge in [0.2, 0.25) is 5.95 Å². The first-order valence-electron chi connectivity index (χ1n) is 9.14. The van der Waals surface area contributed by atoms with Crippen LogP contribution in [-0.2, 0) is 7.05 Å². The van der Waals surface area contributed by atoms with Gasteiger partial charge in [-0.25, -0.2) is 9.37 Å². The molecule has 8 heteroatoms. The number of hydrogen-bond donors (Lipinski definition) is 0. The van der Waals surface area contributed by atoms with E-state index in [4.69, 9.17) is 0 Å². The van der Waals surface area contributed by atoms with Gasteiger partial charge in [-0.1, -0.05) is 0 Å². The lowest BCUT2D eigenvalue weighted by atomic mass is 10.1. The molecular weight excluding hydrogens is 359 g/mol. The zero-order valence-corrected chi connectivity index (χ0v) is 15.8. The predicted octanol–water partition coefficient (Wildman–Crippen LogP) is 2.09. The van der Waals surface area contributed by atoms with Crippen molar-refractivity contribution < 1.29 is 4.39 Å². The SMILES string of the molecule is C[C@@H]1CN(c2cccnc2)CCN1c1nc(-c2ccncc2F)cc(=O)n1C. The van der Waals surface area contributed by atoms with Crippen LogP contribution < -0.4 is 15.4 Å². The van der Waals surface area contributed by atoms with E-state index < -0.39 is 5.82 Å². The third kappa shape index (κ3) is 3.33. The second kappa shape index (κ2) is 7.38. The van der Waals surface area contributed by atoms with E-state index in [1.807, 2.05) is 18.3 Å². The van der Waals surface area contributed by atoms with Crippen LogP contribution >= 0.6 is 0 Å². The molecule has 144 valence electrons. The molecule has 0 amide bonds. The Morgan fingerprint density at radius 1 is 1.14 bits per heavy atom. The van der Waals surface area contributed by atoms with E-state index in [9.17, 15) is 9.18 Å². The molecule has 3 aromatic heterocycles. The summed E-state index contributed by atoms with van der Waals surface area (Å²) in [5.74, 6) is 0.0423. The Morgan fingerprint density at radius 2 is 1.96 bits per heavy atom. The van der Waals surface area contributed by atoms with Gasteiger partial charge in [0.25, 0.3) is 5.56 Å². The molecular formula is C20H21FN6O. The van der Waals surface area contributed by atoms with Crippen molar-refractivity contribution >= 4 is 11.6 Å². The van der Waals surface area contributed by atoms with Crippen LogP contribution in [0.4, 0.5) is 16.0 Å². The van der Waals surface area contributed by atoms with Gasteiger partial charge in [-0.2, -0.15) is 0 Å².